The smallest absolute Gasteiger partial charge is 0.173 e. The molecular formula is C30H26O3S2. The molecule has 0 spiro atoms. The predicted molar refractivity (Wildman–Crippen MR) is 148 cm³/mol. The molecule has 0 aliphatic heterocycles. The van der Waals surface area contributed by atoms with Crippen LogP contribution in [0.25, 0.3) is 20.5 Å². The number of carbonyl (C=O) groups excluding carboxylic acids is 1. The molecule has 0 amide bonds. The average Bonchev–Trinajstić information content (AvgIpc) is 3.37. The molecule has 0 unspecified atom stereocenters. The first kappa shape index (κ1) is 24.6. The summed E-state index contributed by atoms with van der Waals surface area (Å²) in [4.78, 5) is 14.4. The average molecular weight is 499 g/mol. The first-order chi connectivity index (χ1) is 17.2. The van der Waals surface area contributed by atoms with E-state index in [0.29, 0.717) is 5.75 Å². The van der Waals surface area contributed by atoms with Gasteiger partial charge in [-0.15, -0.1) is 23.1 Å². The summed E-state index contributed by atoms with van der Waals surface area (Å²) < 4.78 is 11.6. The van der Waals surface area contributed by atoms with Crippen molar-refractivity contribution in [3.05, 3.63) is 115 Å². The normalized spacial score (nSPS) is 10.3. The molecule has 1 aromatic heterocycles. The fourth-order valence-electron chi connectivity index (χ4n) is 3.41. The number of ketones is 1. The Hall–Kier alpha value is -3.54. The molecule has 3 nitrogen and oxygen atoms in total. The van der Waals surface area contributed by atoms with Gasteiger partial charge in [0.2, 0.25) is 0 Å². The molecule has 176 valence electrons. The largest absolute Gasteiger partial charge is 0.497 e. The molecule has 0 atom stereocenters. The lowest BCUT2D eigenvalue weighted by molar-refractivity contribution is 0.102. The van der Waals surface area contributed by atoms with Crippen molar-refractivity contribution in [3.63, 3.8) is 0 Å². The summed E-state index contributed by atoms with van der Waals surface area (Å²) in [6, 6.07) is 36.0. The molecule has 0 N–H and O–H groups in total. The highest BCUT2D eigenvalue weighted by molar-refractivity contribution is 8.00. The topological polar surface area (TPSA) is 35.5 Å². The van der Waals surface area contributed by atoms with Gasteiger partial charge in [-0.2, -0.15) is 0 Å². The van der Waals surface area contributed by atoms with Crippen molar-refractivity contribution in [3.8, 4) is 21.9 Å². The fraction of sp³-hybridized carbons (Fsp3) is 0.100. The maximum Gasteiger partial charge on any atom is 0.173 e. The van der Waals surface area contributed by atoms with Crippen molar-refractivity contribution in [2.24, 2.45) is 0 Å². The Kier molecular flexibility index (Phi) is 8.60. The van der Waals surface area contributed by atoms with Crippen LogP contribution in [-0.2, 0) is 0 Å². The second-order valence-corrected chi connectivity index (χ2v) is 9.76. The number of rotatable bonds is 7. The van der Waals surface area contributed by atoms with Gasteiger partial charge in [-0.3, -0.25) is 4.79 Å². The van der Waals surface area contributed by atoms with Crippen molar-refractivity contribution in [2.75, 3.05) is 20.0 Å². The molecule has 5 heteroatoms. The molecular weight excluding hydrogens is 472 g/mol. The summed E-state index contributed by atoms with van der Waals surface area (Å²) in [5.41, 5.74) is 1.96. The zero-order valence-electron chi connectivity index (χ0n) is 19.6. The Bertz CT molecular complexity index is 1330. The van der Waals surface area contributed by atoms with Crippen LogP contribution in [0, 0.1) is 0 Å². The summed E-state index contributed by atoms with van der Waals surface area (Å²) >= 11 is 3.38. The van der Waals surface area contributed by atoms with Gasteiger partial charge in [0, 0.05) is 20.0 Å². The van der Waals surface area contributed by atoms with Crippen LogP contribution in [-0.4, -0.2) is 25.8 Å². The monoisotopic (exact) mass is 498 g/mol. The van der Waals surface area contributed by atoms with Crippen LogP contribution in [0.5, 0.6) is 11.5 Å². The van der Waals surface area contributed by atoms with Crippen LogP contribution in [0.15, 0.2) is 114 Å². The number of Topliss-reactive ketones (excluding diaryl/α,β-unsaturated/α-hetero) is 1. The van der Waals surface area contributed by atoms with Gasteiger partial charge in [0.05, 0.1) is 20.0 Å². The highest BCUT2D eigenvalue weighted by Gasteiger charge is 2.07. The summed E-state index contributed by atoms with van der Waals surface area (Å²) in [5.74, 6) is 2.25. The summed E-state index contributed by atoms with van der Waals surface area (Å²) in [5, 5.41) is 1.31. The Morgan fingerprint density at radius 1 is 0.743 bits per heavy atom. The molecule has 0 aliphatic carbocycles. The molecule has 0 radical (unpaired) electrons. The van der Waals surface area contributed by atoms with E-state index in [-0.39, 0.29) is 5.78 Å². The van der Waals surface area contributed by atoms with Gasteiger partial charge in [-0.25, -0.2) is 0 Å². The standard InChI is InChI=1S/C15H14O2S.C15H12OS/c1-17-13-9-7-12(8-10-13)15(16)11-18-14-5-3-2-4-6-14;1-16-13-8-6-11(7-9-13)15-10-12-4-2-3-5-14(12)17-15/h2-10H,11H2,1H3;2-10H,1H3. The van der Waals surface area contributed by atoms with Gasteiger partial charge in [-0.05, 0) is 83.7 Å². The molecule has 35 heavy (non-hydrogen) atoms. The number of thioether (sulfide) groups is 1. The van der Waals surface area contributed by atoms with E-state index >= 15 is 0 Å². The minimum absolute atomic E-state index is 0.131. The summed E-state index contributed by atoms with van der Waals surface area (Å²) in [6.45, 7) is 0. The second kappa shape index (κ2) is 12.2. The van der Waals surface area contributed by atoms with Crippen molar-refractivity contribution >= 4 is 39.0 Å². The molecule has 0 saturated carbocycles. The quantitative estimate of drug-likeness (QED) is 0.167. The fourth-order valence-corrected chi connectivity index (χ4v) is 5.29. The van der Waals surface area contributed by atoms with Crippen LogP contribution in [0.4, 0.5) is 0 Å². The molecule has 0 saturated heterocycles. The van der Waals surface area contributed by atoms with Gasteiger partial charge in [-0.1, -0.05) is 36.4 Å². The minimum atomic E-state index is 0.131. The number of hydrogen-bond donors (Lipinski definition) is 0. The number of hydrogen-bond acceptors (Lipinski definition) is 5. The number of methoxy groups -OCH3 is 2. The third-order valence-electron chi connectivity index (χ3n) is 5.33. The van der Waals surface area contributed by atoms with Crippen molar-refractivity contribution in [2.45, 2.75) is 4.90 Å². The molecule has 5 rings (SSSR count). The van der Waals surface area contributed by atoms with E-state index in [0.717, 1.165) is 22.0 Å². The lowest BCUT2D eigenvalue weighted by Crippen LogP contribution is -2.01. The third-order valence-corrected chi connectivity index (χ3v) is 7.50. The zero-order valence-corrected chi connectivity index (χ0v) is 21.3. The lowest BCUT2D eigenvalue weighted by atomic mass is 10.1. The maximum absolute atomic E-state index is 12.0. The Labute approximate surface area is 214 Å². The van der Waals surface area contributed by atoms with Gasteiger partial charge in [0.1, 0.15) is 11.5 Å². The van der Waals surface area contributed by atoms with Crippen LogP contribution in [0.2, 0.25) is 0 Å². The molecule has 5 aromatic rings. The second-order valence-electron chi connectivity index (χ2n) is 7.63. The van der Waals surface area contributed by atoms with E-state index in [4.69, 9.17) is 9.47 Å². The Balaban J connectivity index is 0.000000165. The number of ether oxygens (including phenoxy) is 2. The highest BCUT2D eigenvalue weighted by Crippen LogP contribution is 2.33. The predicted octanol–water partition coefficient (Wildman–Crippen LogP) is 8.25. The van der Waals surface area contributed by atoms with E-state index in [9.17, 15) is 4.79 Å². The van der Waals surface area contributed by atoms with Gasteiger partial charge < -0.3 is 9.47 Å². The first-order valence-electron chi connectivity index (χ1n) is 11.1. The number of carbonyl (C=O) groups is 1. The molecule has 4 aromatic carbocycles. The van der Waals surface area contributed by atoms with Gasteiger partial charge in [0.15, 0.2) is 5.78 Å². The zero-order chi connectivity index (χ0) is 24.5. The third kappa shape index (κ3) is 6.75. The number of thiophene rings is 1. The van der Waals surface area contributed by atoms with E-state index in [2.05, 4.69) is 42.5 Å². The van der Waals surface area contributed by atoms with Crippen LogP contribution in [0.1, 0.15) is 10.4 Å². The molecule has 1 heterocycles. The summed E-state index contributed by atoms with van der Waals surface area (Å²) in [6.07, 6.45) is 0. The van der Waals surface area contributed by atoms with Gasteiger partial charge >= 0.3 is 0 Å². The lowest BCUT2D eigenvalue weighted by Gasteiger charge is -2.03. The van der Waals surface area contributed by atoms with Crippen LogP contribution >= 0.6 is 23.1 Å². The SMILES string of the molecule is COc1ccc(-c2cc3ccccc3s2)cc1.COc1ccc(C(=O)CSc2ccccc2)cc1. The molecule has 0 fully saturated rings. The molecule has 0 bridgehead atoms. The molecule has 0 aliphatic rings. The maximum atomic E-state index is 12.0. The Morgan fingerprint density at radius 3 is 1.97 bits per heavy atom. The number of fused-ring (bicyclic) bond motifs is 1. The van der Waals surface area contributed by atoms with E-state index in [1.54, 1.807) is 50.2 Å². The summed E-state index contributed by atoms with van der Waals surface area (Å²) in [7, 11) is 3.30. The van der Waals surface area contributed by atoms with Gasteiger partial charge in [0.25, 0.3) is 0 Å². The highest BCUT2D eigenvalue weighted by atomic mass is 32.2. The van der Waals surface area contributed by atoms with E-state index in [1.165, 1.54) is 20.5 Å². The first-order valence-corrected chi connectivity index (χ1v) is 12.9. The van der Waals surface area contributed by atoms with Crippen molar-refractivity contribution < 1.29 is 14.3 Å². The van der Waals surface area contributed by atoms with Crippen LogP contribution < -0.4 is 9.47 Å². The van der Waals surface area contributed by atoms with Crippen molar-refractivity contribution in [1.29, 1.82) is 0 Å². The minimum Gasteiger partial charge on any atom is -0.497 e. The Morgan fingerprint density at radius 2 is 1.34 bits per heavy atom. The number of benzene rings is 4. The van der Waals surface area contributed by atoms with Crippen molar-refractivity contribution in [1.82, 2.24) is 0 Å². The van der Waals surface area contributed by atoms with E-state index in [1.807, 2.05) is 53.8 Å². The van der Waals surface area contributed by atoms with E-state index < -0.39 is 0 Å². The van der Waals surface area contributed by atoms with Crippen LogP contribution in [0.3, 0.4) is 0 Å².